The molecule has 90 valence electrons. The highest BCUT2D eigenvalue weighted by Crippen LogP contribution is 2.30. The van der Waals surface area contributed by atoms with E-state index in [2.05, 4.69) is 36.3 Å². The molecule has 1 aromatic heterocycles. The number of anilines is 1. The van der Waals surface area contributed by atoms with Crippen LogP contribution >= 0.6 is 0 Å². The van der Waals surface area contributed by atoms with Gasteiger partial charge in [0.2, 0.25) is 0 Å². The van der Waals surface area contributed by atoms with Gasteiger partial charge in [0.15, 0.2) is 0 Å². The molecule has 2 N–H and O–H groups in total. The molecule has 0 aliphatic heterocycles. The standard InChI is InChI=1S/C15H15N3/c1-2-18-10-14(16)15(17-18)13-9-5-7-11-6-3-4-8-12(11)13/h3-10H,2,16H2,1H3. The molecule has 0 spiro atoms. The third-order valence-corrected chi connectivity index (χ3v) is 3.16. The lowest BCUT2D eigenvalue weighted by atomic mass is 10.0. The van der Waals surface area contributed by atoms with Crippen molar-refractivity contribution in [2.75, 3.05) is 5.73 Å². The van der Waals surface area contributed by atoms with Gasteiger partial charge in [-0.3, -0.25) is 4.68 Å². The predicted molar refractivity (Wildman–Crippen MR) is 75.3 cm³/mol. The number of aromatic nitrogens is 2. The first kappa shape index (κ1) is 10.8. The normalized spacial score (nSPS) is 10.9. The maximum absolute atomic E-state index is 6.06. The van der Waals surface area contributed by atoms with E-state index in [1.165, 1.54) is 10.8 Å². The van der Waals surface area contributed by atoms with Crippen LogP contribution in [0.15, 0.2) is 48.7 Å². The minimum Gasteiger partial charge on any atom is -0.396 e. The summed E-state index contributed by atoms with van der Waals surface area (Å²) in [5.41, 5.74) is 8.75. The van der Waals surface area contributed by atoms with E-state index < -0.39 is 0 Å². The van der Waals surface area contributed by atoms with Crippen LogP contribution in [0.25, 0.3) is 22.0 Å². The number of rotatable bonds is 2. The largest absolute Gasteiger partial charge is 0.396 e. The van der Waals surface area contributed by atoms with Crippen molar-refractivity contribution in [2.24, 2.45) is 0 Å². The smallest absolute Gasteiger partial charge is 0.116 e. The summed E-state index contributed by atoms with van der Waals surface area (Å²) in [6.45, 7) is 2.88. The summed E-state index contributed by atoms with van der Waals surface area (Å²) in [5, 5.41) is 6.94. The van der Waals surface area contributed by atoms with Crippen LogP contribution in [-0.4, -0.2) is 9.78 Å². The molecule has 0 fully saturated rings. The number of fused-ring (bicyclic) bond motifs is 1. The Balaban J connectivity index is 2.27. The summed E-state index contributed by atoms with van der Waals surface area (Å²) in [7, 11) is 0. The first-order chi connectivity index (χ1) is 8.79. The van der Waals surface area contributed by atoms with Gasteiger partial charge in [-0.15, -0.1) is 0 Å². The fourth-order valence-electron chi connectivity index (χ4n) is 2.24. The van der Waals surface area contributed by atoms with Crippen molar-refractivity contribution >= 4 is 16.5 Å². The summed E-state index contributed by atoms with van der Waals surface area (Å²) >= 11 is 0. The van der Waals surface area contributed by atoms with Gasteiger partial charge in [0.1, 0.15) is 5.69 Å². The lowest BCUT2D eigenvalue weighted by Gasteiger charge is -2.04. The molecule has 2 aromatic carbocycles. The van der Waals surface area contributed by atoms with E-state index in [0.717, 1.165) is 23.5 Å². The van der Waals surface area contributed by atoms with Gasteiger partial charge in [-0.1, -0.05) is 42.5 Å². The molecular weight excluding hydrogens is 222 g/mol. The number of nitrogen functional groups attached to an aromatic ring is 1. The molecule has 3 heteroatoms. The zero-order chi connectivity index (χ0) is 12.5. The number of aryl methyl sites for hydroxylation is 1. The SMILES string of the molecule is CCn1cc(N)c(-c2cccc3ccccc23)n1. The molecule has 0 saturated carbocycles. The van der Waals surface area contributed by atoms with Crippen molar-refractivity contribution in [3.05, 3.63) is 48.7 Å². The van der Waals surface area contributed by atoms with Crippen LogP contribution in [0, 0.1) is 0 Å². The number of nitrogens with two attached hydrogens (primary N) is 1. The predicted octanol–water partition coefficient (Wildman–Crippen LogP) is 3.31. The Morgan fingerprint density at radius 2 is 1.89 bits per heavy atom. The lowest BCUT2D eigenvalue weighted by molar-refractivity contribution is 0.662. The lowest BCUT2D eigenvalue weighted by Crippen LogP contribution is -1.94. The van der Waals surface area contributed by atoms with Crippen molar-refractivity contribution in [3.63, 3.8) is 0 Å². The molecule has 3 aromatic rings. The zero-order valence-corrected chi connectivity index (χ0v) is 10.3. The molecule has 0 amide bonds. The zero-order valence-electron chi connectivity index (χ0n) is 10.3. The van der Waals surface area contributed by atoms with Crippen LogP contribution in [0.5, 0.6) is 0 Å². The Kier molecular flexibility index (Phi) is 2.52. The summed E-state index contributed by atoms with van der Waals surface area (Å²) < 4.78 is 1.87. The van der Waals surface area contributed by atoms with E-state index in [4.69, 9.17) is 5.73 Å². The summed E-state index contributed by atoms with van der Waals surface area (Å²) in [6.07, 6.45) is 1.89. The summed E-state index contributed by atoms with van der Waals surface area (Å²) in [4.78, 5) is 0. The molecule has 0 atom stereocenters. The van der Waals surface area contributed by atoms with Crippen LogP contribution < -0.4 is 5.73 Å². The van der Waals surface area contributed by atoms with E-state index in [0.29, 0.717) is 0 Å². The van der Waals surface area contributed by atoms with Crippen LogP contribution in [0.1, 0.15) is 6.92 Å². The van der Waals surface area contributed by atoms with E-state index in [-0.39, 0.29) is 0 Å². The molecule has 3 rings (SSSR count). The van der Waals surface area contributed by atoms with E-state index in [9.17, 15) is 0 Å². The highest BCUT2D eigenvalue weighted by atomic mass is 15.3. The van der Waals surface area contributed by atoms with Crippen molar-refractivity contribution in [1.82, 2.24) is 9.78 Å². The second-order valence-corrected chi connectivity index (χ2v) is 4.32. The third-order valence-electron chi connectivity index (χ3n) is 3.16. The molecule has 0 aliphatic rings. The Labute approximate surface area is 106 Å². The number of hydrogen-bond donors (Lipinski definition) is 1. The Hall–Kier alpha value is -2.29. The Morgan fingerprint density at radius 3 is 2.67 bits per heavy atom. The fraction of sp³-hybridized carbons (Fsp3) is 0.133. The molecule has 0 saturated heterocycles. The molecule has 0 aliphatic carbocycles. The molecule has 3 nitrogen and oxygen atoms in total. The average Bonchev–Trinajstić information content (AvgIpc) is 2.79. The quantitative estimate of drug-likeness (QED) is 0.743. The van der Waals surface area contributed by atoms with Gasteiger partial charge < -0.3 is 5.73 Å². The van der Waals surface area contributed by atoms with Crippen LogP contribution in [0.4, 0.5) is 5.69 Å². The molecule has 0 bridgehead atoms. The molecular formula is C15H15N3. The maximum atomic E-state index is 6.06. The monoisotopic (exact) mass is 237 g/mol. The first-order valence-electron chi connectivity index (χ1n) is 6.10. The van der Waals surface area contributed by atoms with Gasteiger partial charge in [-0.05, 0) is 17.7 Å². The number of hydrogen-bond acceptors (Lipinski definition) is 2. The average molecular weight is 237 g/mol. The third kappa shape index (κ3) is 1.64. The van der Waals surface area contributed by atoms with E-state index in [1.807, 2.05) is 29.1 Å². The highest BCUT2D eigenvalue weighted by molar-refractivity contribution is 5.97. The number of benzene rings is 2. The molecule has 0 unspecified atom stereocenters. The fourth-order valence-corrected chi connectivity index (χ4v) is 2.24. The minimum atomic E-state index is 0.730. The summed E-state index contributed by atoms with van der Waals surface area (Å²) in [5.74, 6) is 0. The highest BCUT2D eigenvalue weighted by Gasteiger charge is 2.10. The van der Waals surface area contributed by atoms with E-state index in [1.54, 1.807) is 0 Å². The first-order valence-corrected chi connectivity index (χ1v) is 6.10. The number of nitrogens with zero attached hydrogens (tertiary/aromatic N) is 2. The second-order valence-electron chi connectivity index (χ2n) is 4.32. The van der Waals surface area contributed by atoms with Gasteiger partial charge in [-0.2, -0.15) is 5.10 Å². The van der Waals surface area contributed by atoms with Crippen molar-refractivity contribution in [1.29, 1.82) is 0 Å². The van der Waals surface area contributed by atoms with Crippen LogP contribution in [0.3, 0.4) is 0 Å². The van der Waals surface area contributed by atoms with Crippen molar-refractivity contribution < 1.29 is 0 Å². The van der Waals surface area contributed by atoms with Gasteiger partial charge in [0.25, 0.3) is 0 Å². The molecule has 0 radical (unpaired) electrons. The topological polar surface area (TPSA) is 43.8 Å². The Morgan fingerprint density at radius 1 is 1.11 bits per heavy atom. The van der Waals surface area contributed by atoms with Crippen molar-refractivity contribution in [2.45, 2.75) is 13.5 Å². The van der Waals surface area contributed by atoms with Gasteiger partial charge in [0.05, 0.1) is 5.69 Å². The molecule has 18 heavy (non-hydrogen) atoms. The maximum Gasteiger partial charge on any atom is 0.116 e. The van der Waals surface area contributed by atoms with Gasteiger partial charge in [-0.25, -0.2) is 0 Å². The van der Waals surface area contributed by atoms with Crippen LogP contribution in [-0.2, 0) is 6.54 Å². The van der Waals surface area contributed by atoms with Gasteiger partial charge >= 0.3 is 0 Å². The minimum absolute atomic E-state index is 0.730. The molecule has 1 heterocycles. The Bertz CT molecular complexity index is 693. The summed E-state index contributed by atoms with van der Waals surface area (Å²) in [6, 6.07) is 14.5. The van der Waals surface area contributed by atoms with Crippen LogP contribution in [0.2, 0.25) is 0 Å². The second kappa shape index (κ2) is 4.18. The van der Waals surface area contributed by atoms with E-state index >= 15 is 0 Å². The van der Waals surface area contributed by atoms with Gasteiger partial charge in [0, 0.05) is 18.3 Å². The van der Waals surface area contributed by atoms with Crippen molar-refractivity contribution in [3.8, 4) is 11.3 Å².